The fourth-order valence-electron chi connectivity index (χ4n) is 4.09. The fraction of sp³-hybridized carbons (Fsp3) is 0.565. The molecule has 1 fully saturated rings. The van der Waals surface area contributed by atoms with Crippen molar-refractivity contribution in [2.75, 3.05) is 26.8 Å². The highest BCUT2D eigenvalue weighted by atomic mass is 16.5. The van der Waals surface area contributed by atoms with Crippen LogP contribution in [0.25, 0.3) is 0 Å². The Labute approximate surface area is 174 Å². The minimum atomic E-state index is 0.340. The van der Waals surface area contributed by atoms with Gasteiger partial charge in [0.05, 0.1) is 19.3 Å². The van der Waals surface area contributed by atoms with Crippen molar-refractivity contribution in [3.05, 3.63) is 53.9 Å². The number of benzene rings is 1. The van der Waals surface area contributed by atoms with E-state index in [2.05, 4.69) is 53.1 Å². The van der Waals surface area contributed by atoms with Crippen LogP contribution < -0.4 is 10.6 Å². The number of guanidine groups is 1. The molecule has 0 radical (unpaired) electrons. The van der Waals surface area contributed by atoms with E-state index in [1.807, 2.05) is 16.9 Å². The highest BCUT2D eigenvalue weighted by Crippen LogP contribution is 2.40. The summed E-state index contributed by atoms with van der Waals surface area (Å²) < 4.78 is 7.32. The molecule has 0 amide bonds. The lowest BCUT2D eigenvalue weighted by Crippen LogP contribution is -2.43. The Balaban J connectivity index is 1.56. The van der Waals surface area contributed by atoms with E-state index in [-0.39, 0.29) is 0 Å². The zero-order chi connectivity index (χ0) is 20.4. The number of methoxy groups -OCH3 is 1. The molecule has 6 nitrogen and oxygen atoms in total. The summed E-state index contributed by atoms with van der Waals surface area (Å²) >= 11 is 0. The van der Waals surface area contributed by atoms with Crippen LogP contribution in [0.3, 0.4) is 0 Å². The molecule has 2 aromatic rings. The van der Waals surface area contributed by atoms with Gasteiger partial charge >= 0.3 is 0 Å². The Morgan fingerprint density at radius 1 is 1.17 bits per heavy atom. The smallest absolute Gasteiger partial charge is 0.191 e. The summed E-state index contributed by atoms with van der Waals surface area (Å²) in [5, 5.41) is 11.4. The molecule has 29 heavy (non-hydrogen) atoms. The average Bonchev–Trinajstić information content (AvgIpc) is 3.39. The van der Waals surface area contributed by atoms with Crippen LogP contribution in [0.2, 0.25) is 0 Å². The van der Waals surface area contributed by atoms with Crippen LogP contribution in [-0.4, -0.2) is 42.5 Å². The summed E-state index contributed by atoms with van der Waals surface area (Å²) in [5.41, 5.74) is 2.71. The van der Waals surface area contributed by atoms with Crippen LogP contribution in [0.1, 0.15) is 50.2 Å². The van der Waals surface area contributed by atoms with Gasteiger partial charge in [0.15, 0.2) is 5.96 Å². The first-order valence-corrected chi connectivity index (χ1v) is 10.8. The average molecular weight is 398 g/mol. The van der Waals surface area contributed by atoms with E-state index in [1.165, 1.54) is 31.2 Å². The summed E-state index contributed by atoms with van der Waals surface area (Å²) in [6.07, 6.45) is 10.3. The van der Waals surface area contributed by atoms with Gasteiger partial charge in [-0.15, -0.1) is 0 Å². The molecule has 0 aliphatic heterocycles. The Hall–Kier alpha value is -2.34. The maximum Gasteiger partial charge on any atom is 0.191 e. The van der Waals surface area contributed by atoms with Crippen LogP contribution in [0.15, 0.2) is 47.7 Å². The first-order valence-electron chi connectivity index (χ1n) is 10.8. The van der Waals surface area contributed by atoms with E-state index in [0.29, 0.717) is 12.0 Å². The lowest BCUT2D eigenvalue weighted by Gasteiger charge is -2.30. The minimum Gasteiger partial charge on any atom is -0.385 e. The molecule has 0 atom stereocenters. The highest BCUT2D eigenvalue weighted by molar-refractivity contribution is 5.79. The van der Waals surface area contributed by atoms with E-state index in [4.69, 9.17) is 9.73 Å². The predicted molar refractivity (Wildman–Crippen MR) is 118 cm³/mol. The maximum absolute atomic E-state index is 5.35. The zero-order valence-corrected chi connectivity index (χ0v) is 17.9. The SMILES string of the molecule is CCNC(=NCc1cnn(Cc2ccccc2)c1)NCC1(CCOC)CCCC1. The third-order valence-electron chi connectivity index (χ3n) is 5.77. The first-order chi connectivity index (χ1) is 14.2. The second-order valence-electron chi connectivity index (χ2n) is 8.03. The maximum atomic E-state index is 5.35. The van der Waals surface area contributed by atoms with E-state index in [9.17, 15) is 0 Å². The van der Waals surface area contributed by atoms with Crippen molar-refractivity contribution in [3.8, 4) is 0 Å². The molecule has 1 heterocycles. The minimum absolute atomic E-state index is 0.340. The third-order valence-corrected chi connectivity index (χ3v) is 5.77. The van der Waals surface area contributed by atoms with Crippen LogP contribution in [0.5, 0.6) is 0 Å². The van der Waals surface area contributed by atoms with Crippen LogP contribution in [-0.2, 0) is 17.8 Å². The van der Waals surface area contributed by atoms with Crippen molar-refractivity contribution in [1.82, 2.24) is 20.4 Å². The van der Waals surface area contributed by atoms with Crippen LogP contribution in [0.4, 0.5) is 0 Å². The number of hydrogen-bond acceptors (Lipinski definition) is 3. The van der Waals surface area contributed by atoms with E-state index < -0.39 is 0 Å². The van der Waals surface area contributed by atoms with Gasteiger partial charge in [-0.05, 0) is 37.2 Å². The molecule has 3 rings (SSSR count). The summed E-state index contributed by atoms with van der Waals surface area (Å²) in [4.78, 5) is 4.79. The molecule has 1 saturated carbocycles. The van der Waals surface area contributed by atoms with Crippen molar-refractivity contribution in [1.29, 1.82) is 0 Å². The van der Waals surface area contributed by atoms with E-state index in [0.717, 1.165) is 44.2 Å². The van der Waals surface area contributed by atoms with Gasteiger partial charge in [-0.1, -0.05) is 43.2 Å². The molecule has 0 saturated heterocycles. The van der Waals surface area contributed by atoms with Gasteiger partial charge in [0.1, 0.15) is 0 Å². The predicted octanol–water partition coefficient (Wildman–Crippen LogP) is 3.58. The topological polar surface area (TPSA) is 63.5 Å². The highest BCUT2D eigenvalue weighted by Gasteiger charge is 2.33. The third kappa shape index (κ3) is 6.60. The fourth-order valence-corrected chi connectivity index (χ4v) is 4.09. The van der Waals surface area contributed by atoms with Gasteiger partial charge in [0, 0.05) is 38.6 Å². The summed E-state index contributed by atoms with van der Waals surface area (Å²) in [6.45, 7) is 6.14. The lowest BCUT2D eigenvalue weighted by molar-refractivity contribution is 0.138. The Bertz CT molecular complexity index is 750. The molecule has 1 aromatic heterocycles. The molecule has 0 unspecified atom stereocenters. The van der Waals surface area contributed by atoms with Crippen molar-refractivity contribution in [2.45, 2.75) is 52.1 Å². The van der Waals surface area contributed by atoms with Crippen molar-refractivity contribution in [2.24, 2.45) is 10.4 Å². The number of nitrogens with one attached hydrogen (secondary N) is 2. The summed E-state index contributed by atoms with van der Waals surface area (Å²) in [5.74, 6) is 0.881. The Morgan fingerprint density at radius 3 is 2.69 bits per heavy atom. The molecule has 1 aliphatic carbocycles. The molecule has 0 bridgehead atoms. The van der Waals surface area contributed by atoms with Gasteiger partial charge in [-0.2, -0.15) is 5.10 Å². The van der Waals surface area contributed by atoms with Crippen molar-refractivity contribution < 1.29 is 4.74 Å². The number of rotatable bonds is 10. The van der Waals surface area contributed by atoms with Crippen LogP contribution >= 0.6 is 0 Å². The second kappa shape index (κ2) is 11.0. The zero-order valence-electron chi connectivity index (χ0n) is 17.9. The van der Waals surface area contributed by atoms with Crippen LogP contribution in [0, 0.1) is 5.41 Å². The van der Waals surface area contributed by atoms with Crippen molar-refractivity contribution >= 4 is 5.96 Å². The first kappa shape index (κ1) is 21.4. The van der Waals surface area contributed by atoms with Gasteiger partial charge in [-0.3, -0.25) is 4.68 Å². The lowest BCUT2D eigenvalue weighted by atomic mass is 9.83. The number of aromatic nitrogens is 2. The number of hydrogen-bond donors (Lipinski definition) is 2. The number of nitrogens with zero attached hydrogens (tertiary/aromatic N) is 3. The molecule has 158 valence electrons. The van der Waals surface area contributed by atoms with Crippen molar-refractivity contribution in [3.63, 3.8) is 0 Å². The molecule has 6 heteroatoms. The Morgan fingerprint density at radius 2 is 1.97 bits per heavy atom. The molecule has 1 aliphatic rings. The number of ether oxygens (including phenoxy) is 1. The molecule has 1 aromatic carbocycles. The largest absolute Gasteiger partial charge is 0.385 e. The quantitative estimate of drug-likeness (QED) is 0.475. The molecule has 2 N–H and O–H groups in total. The van der Waals surface area contributed by atoms with Gasteiger partial charge < -0.3 is 15.4 Å². The summed E-state index contributed by atoms with van der Waals surface area (Å²) in [6, 6.07) is 10.4. The molecule has 0 spiro atoms. The molecular formula is C23H35N5O. The number of aliphatic imine (C=N–C) groups is 1. The van der Waals surface area contributed by atoms with Gasteiger partial charge in [-0.25, -0.2) is 4.99 Å². The normalized spacial score (nSPS) is 16.1. The van der Waals surface area contributed by atoms with Gasteiger partial charge in [0.2, 0.25) is 0 Å². The van der Waals surface area contributed by atoms with E-state index >= 15 is 0 Å². The molecular weight excluding hydrogens is 362 g/mol. The summed E-state index contributed by atoms with van der Waals surface area (Å²) in [7, 11) is 1.79. The van der Waals surface area contributed by atoms with Gasteiger partial charge in [0.25, 0.3) is 0 Å². The van der Waals surface area contributed by atoms with E-state index in [1.54, 1.807) is 7.11 Å². The second-order valence-corrected chi connectivity index (χ2v) is 8.03. The Kier molecular flexibility index (Phi) is 8.11. The standard InChI is InChI=1S/C23H35N5O/c1-3-24-22(26-19-23(13-14-29-2)11-7-8-12-23)25-15-21-16-27-28(18-21)17-20-9-5-4-6-10-20/h4-6,9-10,16,18H,3,7-8,11-15,17,19H2,1-2H3,(H2,24,25,26). The monoisotopic (exact) mass is 397 g/mol.